The van der Waals surface area contributed by atoms with Crippen molar-refractivity contribution >= 4 is 17.5 Å². The fourth-order valence-corrected chi connectivity index (χ4v) is 3.38. The highest BCUT2D eigenvalue weighted by Gasteiger charge is 2.17. The molecule has 0 N–H and O–H groups in total. The topological polar surface area (TPSA) is 73.8 Å². The second kappa shape index (κ2) is 7.65. The minimum Gasteiger partial charge on any atom is -0.411 e. The lowest BCUT2D eigenvalue weighted by Crippen LogP contribution is -2.06. The first-order valence-electron chi connectivity index (χ1n) is 8.16. The van der Waals surface area contributed by atoms with E-state index in [0.29, 0.717) is 11.1 Å². The highest BCUT2D eigenvalue weighted by molar-refractivity contribution is 7.99. The molecule has 3 rings (SSSR count). The minimum atomic E-state index is 0.0733. The molecule has 3 aromatic rings. The van der Waals surface area contributed by atoms with Crippen molar-refractivity contribution in [1.82, 2.24) is 19.7 Å². The van der Waals surface area contributed by atoms with Crippen molar-refractivity contribution in [2.45, 2.75) is 39.0 Å². The Kier molecular flexibility index (Phi) is 5.33. The van der Waals surface area contributed by atoms with E-state index in [9.17, 15) is 4.79 Å². The number of carbonyl (C=O) groups excluding carboxylic acids is 1. The number of nitrogens with zero attached hydrogens (tertiary/aromatic N) is 4. The molecule has 0 spiro atoms. The Hall–Kier alpha value is -2.41. The van der Waals surface area contributed by atoms with Crippen LogP contribution in [0.1, 0.15) is 35.1 Å². The third kappa shape index (κ3) is 3.82. The predicted molar refractivity (Wildman–Crippen MR) is 96.8 cm³/mol. The van der Waals surface area contributed by atoms with E-state index in [0.717, 1.165) is 35.5 Å². The summed E-state index contributed by atoms with van der Waals surface area (Å²) in [6.07, 6.45) is 4.38. The first kappa shape index (κ1) is 17.4. The van der Waals surface area contributed by atoms with Crippen LogP contribution in [0.5, 0.6) is 0 Å². The van der Waals surface area contributed by atoms with E-state index in [1.807, 2.05) is 19.9 Å². The molecule has 0 atom stereocenters. The normalized spacial score (nSPS) is 11.0. The fraction of sp³-hybridized carbons (Fsp3) is 0.333. The summed E-state index contributed by atoms with van der Waals surface area (Å²) in [5, 5.41) is 8.41. The van der Waals surface area contributed by atoms with Crippen molar-refractivity contribution in [3.05, 3.63) is 47.5 Å². The van der Waals surface area contributed by atoms with Crippen molar-refractivity contribution < 1.29 is 9.21 Å². The average molecular weight is 356 g/mol. The summed E-state index contributed by atoms with van der Waals surface area (Å²) in [4.78, 5) is 16.5. The largest absolute Gasteiger partial charge is 0.411 e. The molecule has 6 nitrogen and oxygen atoms in total. The van der Waals surface area contributed by atoms with Crippen molar-refractivity contribution in [3.63, 3.8) is 0 Å². The van der Waals surface area contributed by atoms with E-state index in [-0.39, 0.29) is 11.5 Å². The number of rotatable bonds is 7. The molecule has 0 aromatic carbocycles. The summed E-state index contributed by atoms with van der Waals surface area (Å²) in [6.45, 7) is 7.09. The maximum Gasteiger partial charge on any atom is 0.277 e. The number of aromatic nitrogens is 4. The van der Waals surface area contributed by atoms with Crippen molar-refractivity contribution in [2.75, 3.05) is 5.75 Å². The second-order valence-electron chi connectivity index (χ2n) is 5.76. The van der Waals surface area contributed by atoms with Gasteiger partial charge in [-0.25, -0.2) is 0 Å². The van der Waals surface area contributed by atoms with Gasteiger partial charge in [0.15, 0.2) is 5.78 Å². The van der Waals surface area contributed by atoms with Gasteiger partial charge in [-0.15, -0.1) is 10.2 Å². The quantitative estimate of drug-likeness (QED) is 0.472. The van der Waals surface area contributed by atoms with Crippen LogP contribution in [0.2, 0.25) is 0 Å². The van der Waals surface area contributed by atoms with Crippen molar-refractivity contribution in [2.24, 2.45) is 0 Å². The van der Waals surface area contributed by atoms with Crippen molar-refractivity contribution in [3.8, 4) is 11.5 Å². The van der Waals surface area contributed by atoms with E-state index >= 15 is 0 Å². The van der Waals surface area contributed by atoms with Crippen LogP contribution in [0.25, 0.3) is 11.5 Å². The highest BCUT2D eigenvalue weighted by Crippen LogP contribution is 2.24. The standard InChI is InChI=1S/C18H20N4O2S/c1-4-9-22-12(2)10-15(13(22)3)16(23)11-25-18-21-20-17(24-18)14-5-7-19-8-6-14/h5-8,10H,4,9,11H2,1-3H3. The molecule has 130 valence electrons. The zero-order chi connectivity index (χ0) is 17.8. The molecule has 3 heterocycles. The van der Waals surface area contributed by atoms with Crippen LogP contribution >= 0.6 is 11.8 Å². The maximum absolute atomic E-state index is 12.6. The summed E-state index contributed by atoms with van der Waals surface area (Å²) in [6, 6.07) is 5.56. The smallest absolute Gasteiger partial charge is 0.277 e. The summed E-state index contributed by atoms with van der Waals surface area (Å²) in [5.41, 5.74) is 3.72. The molecule has 0 aliphatic rings. The Morgan fingerprint density at radius 1 is 1.24 bits per heavy atom. The highest BCUT2D eigenvalue weighted by atomic mass is 32.2. The van der Waals surface area contributed by atoms with Gasteiger partial charge in [-0.1, -0.05) is 18.7 Å². The Balaban J connectivity index is 1.67. The van der Waals surface area contributed by atoms with Gasteiger partial charge in [0.25, 0.3) is 5.22 Å². The zero-order valence-electron chi connectivity index (χ0n) is 14.5. The monoisotopic (exact) mass is 356 g/mol. The van der Waals surface area contributed by atoms with Gasteiger partial charge in [0.1, 0.15) is 0 Å². The van der Waals surface area contributed by atoms with Gasteiger partial charge in [-0.3, -0.25) is 9.78 Å². The van der Waals surface area contributed by atoms with Gasteiger partial charge in [0.05, 0.1) is 5.75 Å². The third-order valence-electron chi connectivity index (χ3n) is 3.98. The van der Waals surface area contributed by atoms with Gasteiger partial charge in [-0.2, -0.15) is 0 Å². The molecule has 0 saturated carbocycles. The zero-order valence-corrected chi connectivity index (χ0v) is 15.3. The van der Waals surface area contributed by atoms with Crippen LogP contribution in [-0.4, -0.2) is 31.3 Å². The summed E-state index contributed by atoms with van der Waals surface area (Å²) >= 11 is 1.26. The van der Waals surface area contributed by atoms with Crippen LogP contribution in [0.3, 0.4) is 0 Å². The molecule has 0 aliphatic heterocycles. The first-order chi connectivity index (χ1) is 12.1. The van der Waals surface area contributed by atoms with Gasteiger partial charge >= 0.3 is 0 Å². The number of pyridine rings is 1. The van der Waals surface area contributed by atoms with Gasteiger partial charge in [0.2, 0.25) is 5.89 Å². The molecule has 0 unspecified atom stereocenters. The van der Waals surface area contributed by atoms with E-state index in [1.54, 1.807) is 24.5 Å². The van der Waals surface area contributed by atoms with Crippen LogP contribution in [-0.2, 0) is 6.54 Å². The number of ketones is 1. The molecule has 0 saturated heterocycles. The van der Waals surface area contributed by atoms with E-state index in [2.05, 4.69) is 26.7 Å². The molecule has 0 aliphatic carbocycles. The number of hydrogen-bond donors (Lipinski definition) is 0. The number of thioether (sulfide) groups is 1. The fourth-order valence-electron chi connectivity index (χ4n) is 2.74. The molecule has 3 aromatic heterocycles. The van der Waals surface area contributed by atoms with Crippen LogP contribution in [0.4, 0.5) is 0 Å². The van der Waals surface area contributed by atoms with Crippen LogP contribution < -0.4 is 0 Å². The Morgan fingerprint density at radius 2 is 2.00 bits per heavy atom. The van der Waals surface area contributed by atoms with E-state index in [1.165, 1.54) is 11.8 Å². The van der Waals surface area contributed by atoms with E-state index in [4.69, 9.17) is 4.42 Å². The first-order valence-corrected chi connectivity index (χ1v) is 9.15. The molecule has 0 fully saturated rings. The molecular formula is C18H20N4O2S. The number of carbonyl (C=O) groups is 1. The maximum atomic E-state index is 12.6. The Bertz CT molecular complexity index is 871. The van der Waals surface area contributed by atoms with Gasteiger partial charge < -0.3 is 8.98 Å². The molecule has 0 amide bonds. The lowest BCUT2D eigenvalue weighted by atomic mass is 10.2. The van der Waals surface area contributed by atoms with Crippen molar-refractivity contribution in [1.29, 1.82) is 0 Å². The van der Waals surface area contributed by atoms with Gasteiger partial charge in [-0.05, 0) is 38.5 Å². The lowest BCUT2D eigenvalue weighted by molar-refractivity contribution is 0.102. The minimum absolute atomic E-state index is 0.0733. The predicted octanol–water partition coefficient (Wildman–Crippen LogP) is 3.93. The molecule has 25 heavy (non-hydrogen) atoms. The summed E-state index contributed by atoms with van der Waals surface area (Å²) in [5.74, 6) is 0.775. The molecular weight excluding hydrogens is 336 g/mol. The number of aryl methyl sites for hydroxylation is 1. The number of hydrogen-bond acceptors (Lipinski definition) is 6. The second-order valence-corrected chi connectivity index (χ2v) is 6.68. The van der Waals surface area contributed by atoms with Crippen LogP contribution in [0.15, 0.2) is 40.2 Å². The summed E-state index contributed by atoms with van der Waals surface area (Å²) < 4.78 is 7.80. The Morgan fingerprint density at radius 3 is 2.72 bits per heavy atom. The SMILES string of the molecule is CCCn1c(C)cc(C(=O)CSc2nnc(-c3ccncc3)o2)c1C. The molecule has 0 bridgehead atoms. The lowest BCUT2D eigenvalue weighted by Gasteiger charge is -2.07. The summed E-state index contributed by atoms with van der Waals surface area (Å²) in [7, 11) is 0. The molecule has 0 radical (unpaired) electrons. The average Bonchev–Trinajstić information content (AvgIpc) is 3.21. The van der Waals surface area contributed by atoms with E-state index < -0.39 is 0 Å². The number of Topliss-reactive ketones (excluding diaryl/α,β-unsaturated/α-hetero) is 1. The third-order valence-corrected chi connectivity index (χ3v) is 4.80. The van der Waals surface area contributed by atoms with Gasteiger partial charge in [0, 0.05) is 41.5 Å². The van der Waals surface area contributed by atoms with Crippen LogP contribution in [0, 0.1) is 13.8 Å². The molecule has 7 heteroatoms. The Labute approximate surface area is 150 Å².